The standard InChI is InChI=1S/C14H17IN2O2/c1-10(2)14(3,9-16)17-13(18)8-19-12-6-4-5-11(15)7-12/h4-7,10H,8H2,1-3H3,(H,17,18). The molecule has 0 aliphatic heterocycles. The summed E-state index contributed by atoms with van der Waals surface area (Å²) in [7, 11) is 0. The normalized spacial score (nSPS) is 13.5. The Morgan fingerprint density at radius 2 is 2.26 bits per heavy atom. The van der Waals surface area contributed by atoms with Crippen molar-refractivity contribution in [2.45, 2.75) is 26.3 Å². The summed E-state index contributed by atoms with van der Waals surface area (Å²) in [6.45, 7) is 5.40. The molecule has 0 fully saturated rings. The smallest absolute Gasteiger partial charge is 0.259 e. The van der Waals surface area contributed by atoms with Gasteiger partial charge in [-0.05, 0) is 53.6 Å². The van der Waals surface area contributed by atoms with Crippen molar-refractivity contribution in [1.29, 1.82) is 5.26 Å². The average Bonchev–Trinajstić information content (AvgIpc) is 2.36. The number of nitriles is 1. The molecule has 19 heavy (non-hydrogen) atoms. The molecule has 0 aliphatic carbocycles. The van der Waals surface area contributed by atoms with Gasteiger partial charge in [-0.15, -0.1) is 0 Å². The van der Waals surface area contributed by atoms with Gasteiger partial charge in [-0.1, -0.05) is 19.9 Å². The first-order valence-electron chi connectivity index (χ1n) is 5.98. The Morgan fingerprint density at radius 1 is 1.58 bits per heavy atom. The second-order valence-electron chi connectivity index (χ2n) is 4.76. The third kappa shape index (κ3) is 4.71. The molecule has 1 amide bonds. The van der Waals surface area contributed by atoms with Crippen LogP contribution in [0.25, 0.3) is 0 Å². The third-order valence-corrected chi connectivity index (χ3v) is 3.62. The summed E-state index contributed by atoms with van der Waals surface area (Å²) in [5, 5.41) is 11.8. The summed E-state index contributed by atoms with van der Waals surface area (Å²) in [5.41, 5.74) is -0.869. The number of hydrogen-bond acceptors (Lipinski definition) is 3. The fraction of sp³-hybridized carbons (Fsp3) is 0.429. The number of carbonyl (C=O) groups excluding carboxylic acids is 1. The van der Waals surface area contributed by atoms with Gasteiger partial charge in [0.1, 0.15) is 11.3 Å². The third-order valence-electron chi connectivity index (χ3n) is 2.95. The summed E-state index contributed by atoms with van der Waals surface area (Å²) >= 11 is 2.18. The Bertz CT molecular complexity index is 496. The lowest BCUT2D eigenvalue weighted by Crippen LogP contribution is -2.50. The molecule has 0 bridgehead atoms. The van der Waals surface area contributed by atoms with Crippen molar-refractivity contribution in [2.24, 2.45) is 5.92 Å². The van der Waals surface area contributed by atoms with Crippen molar-refractivity contribution in [3.63, 3.8) is 0 Å². The number of halogens is 1. The Labute approximate surface area is 127 Å². The zero-order chi connectivity index (χ0) is 14.5. The summed E-state index contributed by atoms with van der Waals surface area (Å²) in [4.78, 5) is 11.8. The zero-order valence-electron chi connectivity index (χ0n) is 11.2. The lowest BCUT2D eigenvalue weighted by Gasteiger charge is -2.27. The molecule has 5 heteroatoms. The number of carbonyl (C=O) groups is 1. The average molecular weight is 372 g/mol. The Balaban J connectivity index is 2.55. The molecule has 1 unspecified atom stereocenters. The van der Waals surface area contributed by atoms with Crippen molar-refractivity contribution >= 4 is 28.5 Å². The molecule has 4 nitrogen and oxygen atoms in total. The van der Waals surface area contributed by atoms with Gasteiger partial charge in [-0.3, -0.25) is 4.79 Å². The molecule has 0 aromatic heterocycles. The highest BCUT2D eigenvalue weighted by Crippen LogP contribution is 2.16. The van der Waals surface area contributed by atoms with E-state index in [1.165, 1.54) is 0 Å². The van der Waals surface area contributed by atoms with E-state index >= 15 is 0 Å². The Kier molecular flexibility index (Phi) is 5.60. The minimum atomic E-state index is -0.869. The van der Waals surface area contributed by atoms with Crippen molar-refractivity contribution in [2.75, 3.05) is 6.61 Å². The number of amides is 1. The van der Waals surface area contributed by atoms with E-state index in [0.717, 1.165) is 3.57 Å². The number of rotatable bonds is 5. The van der Waals surface area contributed by atoms with Crippen LogP contribution in [0.2, 0.25) is 0 Å². The van der Waals surface area contributed by atoms with Crippen LogP contribution in [-0.4, -0.2) is 18.1 Å². The molecule has 1 rings (SSSR count). The van der Waals surface area contributed by atoms with Crippen LogP contribution >= 0.6 is 22.6 Å². The first-order chi connectivity index (χ1) is 8.87. The van der Waals surface area contributed by atoms with Gasteiger partial charge in [0.2, 0.25) is 0 Å². The molecular formula is C14H17IN2O2. The Morgan fingerprint density at radius 3 is 2.79 bits per heavy atom. The van der Waals surface area contributed by atoms with E-state index in [2.05, 4.69) is 34.0 Å². The SMILES string of the molecule is CC(C)C(C)(C#N)NC(=O)COc1cccc(I)c1. The van der Waals surface area contributed by atoms with E-state index in [1.807, 2.05) is 32.0 Å². The predicted octanol–water partition coefficient (Wildman–Crippen LogP) is 2.72. The summed E-state index contributed by atoms with van der Waals surface area (Å²) in [6.07, 6.45) is 0. The molecule has 1 N–H and O–H groups in total. The van der Waals surface area contributed by atoms with Gasteiger partial charge in [-0.25, -0.2) is 0 Å². The fourth-order valence-corrected chi connectivity index (χ4v) is 1.85. The van der Waals surface area contributed by atoms with Crippen molar-refractivity contribution in [3.05, 3.63) is 27.8 Å². The van der Waals surface area contributed by atoms with Crippen LogP contribution in [0.1, 0.15) is 20.8 Å². The number of nitrogens with zero attached hydrogens (tertiary/aromatic N) is 1. The first kappa shape index (κ1) is 15.8. The van der Waals surface area contributed by atoms with E-state index < -0.39 is 5.54 Å². The summed E-state index contributed by atoms with van der Waals surface area (Å²) < 4.78 is 6.43. The van der Waals surface area contributed by atoms with Gasteiger partial charge in [0, 0.05) is 3.57 Å². The molecular weight excluding hydrogens is 355 g/mol. The van der Waals surface area contributed by atoms with E-state index in [1.54, 1.807) is 13.0 Å². The van der Waals surface area contributed by atoms with Gasteiger partial charge in [0.25, 0.3) is 5.91 Å². The molecule has 1 aromatic rings. The molecule has 1 aromatic carbocycles. The van der Waals surface area contributed by atoms with Crippen molar-refractivity contribution in [3.8, 4) is 11.8 Å². The van der Waals surface area contributed by atoms with Crippen LogP contribution in [0.5, 0.6) is 5.75 Å². The van der Waals surface area contributed by atoms with Crippen LogP contribution in [0.15, 0.2) is 24.3 Å². The Hall–Kier alpha value is -1.29. The van der Waals surface area contributed by atoms with Crippen LogP contribution in [-0.2, 0) is 4.79 Å². The monoisotopic (exact) mass is 372 g/mol. The van der Waals surface area contributed by atoms with E-state index in [9.17, 15) is 4.79 Å². The number of ether oxygens (including phenoxy) is 1. The van der Waals surface area contributed by atoms with E-state index in [0.29, 0.717) is 5.75 Å². The molecule has 0 aliphatic rings. The lowest BCUT2D eigenvalue weighted by molar-refractivity contribution is -0.124. The number of hydrogen-bond donors (Lipinski definition) is 1. The highest BCUT2D eigenvalue weighted by atomic mass is 127. The van der Waals surface area contributed by atoms with Gasteiger partial charge < -0.3 is 10.1 Å². The van der Waals surface area contributed by atoms with Crippen molar-refractivity contribution < 1.29 is 9.53 Å². The quantitative estimate of drug-likeness (QED) is 0.809. The zero-order valence-corrected chi connectivity index (χ0v) is 13.4. The van der Waals surface area contributed by atoms with Crippen LogP contribution < -0.4 is 10.1 Å². The van der Waals surface area contributed by atoms with Gasteiger partial charge in [0.05, 0.1) is 6.07 Å². The molecule has 0 radical (unpaired) electrons. The van der Waals surface area contributed by atoms with Gasteiger partial charge in [0.15, 0.2) is 6.61 Å². The lowest BCUT2D eigenvalue weighted by atomic mass is 9.90. The fourth-order valence-electron chi connectivity index (χ4n) is 1.33. The predicted molar refractivity (Wildman–Crippen MR) is 81.7 cm³/mol. The molecule has 102 valence electrons. The molecule has 0 saturated heterocycles. The van der Waals surface area contributed by atoms with Crippen molar-refractivity contribution in [1.82, 2.24) is 5.32 Å². The second-order valence-corrected chi connectivity index (χ2v) is 6.01. The molecule has 0 heterocycles. The molecule has 0 saturated carbocycles. The maximum atomic E-state index is 11.8. The van der Waals surface area contributed by atoms with Gasteiger partial charge >= 0.3 is 0 Å². The molecule has 1 atom stereocenters. The largest absolute Gasteiger partial charge is 0.484 e. The minimum absolute atomic E-state index is 0.0270. The van der Waals surface area contributed by atoms with Crippen LogP contribution in [0, 0.1) is 20.8 Å². The summed E-state index contributed by atoms with van der Waals surface area (Å²) in [5.74, 6) is 0.376. The number of benzene rings is 1. The highest BCUT2D eigenvalue weighted by molar-refractivity contribution is 14.1. The maximum Gasteiger partial charge on any atom is 0.259 e. The molecule has 0 spiro atoms. The second kappa shape index (κ2) is 6.75. The summed E-state index contributed by atoms with van der Waals surface area (Å²) in [6, 6.07) is 9.57. The van der Waals surface area contributed by atoms with E-state index in [-0.39, 0.29) is 18.4 Å². The minimum Gasteiger partial charge on any atom is -0.484 e. The topological polar surface area (TPSA) is 62.1 Å². The van der Waals surface area contributed by atoms with E-state index in [4.69, 9.17) is 10.00 Å². The highest BCUT2D eigenvalue weighted by Gasteiger charge is 2.29. The van der Waals surface area contributed by atoms with Crippen LogP contribution in [0.4, 0.5) is 0 Å². The van der Waals surface area contributed by atoms with Gasteiger partial charge in [-0.2, -0.15) is 5.26 Å². The maximum absolute atomic E-state index is 11.8. The van der Waals surface area contributed by atoms with Crippen LogP contribution in [0.3, 0.4) is 0 Å². The first-order valence-corrected chi connectivity index (χ1v) is 7.06. The number of nitrogens with one attached hydrogen (secondary N) is 1.